The highest BCUT2D eigenvalue weighted by Gasteiger charge is 2.11. The summed E-state index contributed by atoms with van der Waals surface area (Å²) < 4.78 is 0.696. The number of hydrogen-bond acceptors (Lipinski definition) is 4. The Hall–Kier alpha value is -0.800. The standard InChI is InChI=1S/C10H10BrClN2O2/c11-8-2-1-6(3-13)9(12)10(8)14-4-7(16)5-15/h1-2,7,14-16H,4-5H2. The van der Waals surface area contributed by atoms with Crippen LogP contribution in [0, 0.1) is 11.3 Å². The molecule has 0 aliphatic rings. The normalized spacial score (nSPS) is 11.9. The first kappa shape index (κ1) is 13.3. The largest absolute Gasteiger partial charge is 0.394 e. The molecule has 0 saturated heterocycles. The van der Waals surface area contributed by atoms with Gasteiger partial charge in [-0.25, -0.2) is 0 Å². The average molecular weight is 306 g/mol. The Balaban J connectivity index is 2.91. The van der Waals surface area contributed by atoms with Gasteiger partial charge < -0.3 is 15.5 Å². The number of anilines is 1. The minimum absolute atomic E-state index is 0.156. The van der Waals surface area contributed by atoms with E-state index in [1.165, 1.54) is 0 Å². The van der Waals surface area contributed by atoms with Gasteiger partial charge in [0.05, 0.1) is 29.0 Å². The maximum Gasteiger partial charge on any atom is 0.101 e. The molecule has 86 valence electrons. The number of aliphatic hydroxyl groups is 2. The zero-order valence-corrected chi connectivity index (χ0v) is 10.6. The number of hydrogen-bond donors (Lipinski definition) is 3. The summed E-state index contributed by atoms with van der Waals surface area (Å²) in [5, 5.41) is 29.8. The maximum absolute atomic E-state index is 9.19. The van der Waals surface area contributed by atoms with E-state index in [4.69, 9.17) is 22.0 Å². The Morgan fingerprint density at radius 2 is 2.25 bits per heavy atom. The monoisotopic (exact) mass is 304 g/mol. The molecule has 16 heavy (non-hydrogen) atoms. The minimum atomic E-state index is -0.867. The van der Waals surface area contributed by atoms with Crippen molar-refractivity contribution in [3.63, 3.8) is 0 Å². The molecule has 0 radical (unpaired) electrons. The minimum Gasteiger partial charge on any atom is -0.394 e. The van der Waals surface area contributed by atoms with Crippen molar-refractivity contribution in [2.75, 3.05) is 18.5 Å². The van der Waals surface area contributed by atoms with Gasteiger partial charge in [-0.2, -0.15) is 5.26 Å². The van der Waals surface area contributed by atoms with Crippen LogP contribution in [0.25, 0.3) is 0 Å². The van der Waals surface area contributed by atoms with Crippen LogP contribution in [0.15, 0.2) is 16.6 Å². The van der Waals surface area contributed by atoms with Gasteiger partial charge in [0.1, 0.15) is 6.07 Å². The van der Waals surface area contributed by atoms with E-state index in [2.05, 4.69) is 21.2 Å². The lowest BCUT2D eigenvalue weighted by molar-refractivity contribution is 0.105. The van der Waals surface area contributed by atoms with E-state index in [-0.39, 0.29) is 13.2 Å². The van der Waals surface area contributed by atoms with Gasteiger partial charge in [0.25, 0.3) is 0 Å². The van der Waals surface area contributed by atoms with Crippen molar-refractivity contribution in [2.45, 2.75) is 6.10 Å². The van der Waals surface area contributed by atoms with E-state index in [1.807, 2.05) is 6.07 Å². The number of nitriles is 1. The van der Waals surface area contributed by atoms with Crippen molar-refractivity contribution in [2.24, 2.45) is 0 Å². The summed E-state index contributed by atoms with van der Waals surface area (Å²) in [4.78, 5) is 0. The Kier molecular flexibility index (Phi) is 5.03. The summed E-state index contributed by atoms with van der Waals surface area (Å²) in [5.74, 6) is 0. The fraction of sp³-hybridized carbons (Fsp3) is 0.300. The first-order valence-corrected chi connectivity index (χ1v) is 5.68. The molecule has 1 aromatic rings. The molecule has 1 unspecified atom stereocenters. The Morgan fingerprint density at radius 1 is 1.56 bits per heavy atom. The molecule has 0 aliphatic carbocycles. The van der Waals surface area contributed by atoms with Crippen LogP contribution in [0.2, 0.25) is 5.02 Å². The van der Waals surface area contributed by atoms with Crippen molar-refractivity contribution in [3.05, 3.63) is 27.2 Å². The lowest BCUT2D eigenvalue weighted by Crippen LogP contribution is -2.23. The molecule has 1 atom stereocenters. The number of benzene rings is 1. The molecular formula is C10H10BrClN2O2. The topological polar surface area (TPSA) is 76.3 Å². The van der Waals surface area contributed by atoms with E-state index in [0.29, 0.717) is 20.7 Å². The zero-order chi connectivity index (χ0) is 12.1. The van der Waals surface area contributed by atoms with Gasteiger partial charge in [0, 0.05) is 11.0 Å². The second-order valence-electron chi connectivity index (χ2n) is 3.11. The SMILES string of the molecule is N#Cc1ccc(Br)c(NCC(O)CO)c1Cl. The van der Waals surface area contributed by atoms with Gasteiger partial charge in [-0.3, -0.25) is 0 Å². The van der Waals surface area contributed by atoms with E-state index >= 15 is 0 Å². The van der Waals surface area contributed by atoms with Crippen molar-refractivity contribution >= 4 is 33.2 Å². The lowest BCUT2D eigenvalue weighted by atomic mass is 10.2. The van der Waals surface area contributed by atoms with Crippen molar-refractivity contribution in [1.82, 2.24) is 0 Å². The number of halogens is 2. The molecular weight excluding hydrogens is 295 g/mol. The molecule has 0 heterocycles. The molecule has 0 saturated carbocycles. The highest BCUT2D eigenvalue weighted by atomic mass is 79.9. The molecule has 1 aromatic carbocycles. The predicted octanol–water partition coefficient (Wildman–Crippen LogP) is 1.74. The molecule has 0 spiro atoms. The third kappa shape index (κ3) is 3.09. The van der Waals surface area contributed by atoms with Crippen LogP contribution in [-0.4, -0.2) is 29.5 Å². The van der Waals surface area contributed by atoms with Gasteiger partial charge in [0.15, 0.2) is 0 Å². The quantitative estimate of drug-likeness (QED) is 0.792. The fourth-order valence-electron chi connectivity index (χ4n) is 1.09. The first-order chi connectivity index (χ1) is 7.60. The average Bonchev–Trinajstić information content (AvgIpc) is 2.28. The van der Waals surface area contributed by atoms with Crippen LogP contribution in [-0.2, 0) is 0 Å². The van der Waals surface area contributed by atoms with Gasteiger partial charge >= 0.3 is 0 Å². The molecule has 6 heteroatoms. The van der Waals surface area contributed by atoms with Crippen LogP contribution in [0.5, 0.6) is 0 Å². The molecule has 1 rings (SSSR count). The molecule has 0 aromatic heterocycles. The first-order valence-electron chi connectivity index (χ1n) is 4.51. The summed E-state index contributed by atoms with van der Waals surface area (Å²) in [5.41, 5.74) is 0.888. The summed E-state index contributed by atoms with van der Waals surface area (Å²) >= 11 is 9.26. The van der Waals surface area contributed by atoms with E-state index in [0.717, 1.165) is 0 Å². The highest BCUT2D eigenvalue weighted by Crippen LogP contribution is 2.33. The van der Waals surface area contributed by atoms with E-state index in [9.17, 15) is 5.11 Å². The maximum atomic E-state index is 9.19. The summed E-state index contributed by atoms with van der Waals surface area (Å²) in [6.45, 7) is -0.177. The van der Waals surface area contributed by atoms with Crippen LogP contribution < -0.4 is 5.32 Å². The van der Waals surface area contributed by atoms with E-state index < -0.39 is 6.10 Å². The molecule has 0 amide bonds. The van der Waals surface area contributed by atoms with Crippen LogP contribution >= 0.6 is 27.5 Å². The predicted molar refractivity (Wildman–Crippen MR) is 65.4 cm³/mol. The van der Waals surface area contributed by atoms with Crippen molar-refractivity contribution in [1.29, 1.82) is 5.26 Å². The smallest absolute Gasteiger partial charge is 0.101 e. The summed E-state index contributed by atoms with van der Waals surface area (Å²) in [7, 11) is 0. The molecule has 0 bridgehead atoms. The number of rotatable bonds is 4. The number of nitrogens with one attached hydrogen (secondary N) is 1. The van der Waals surface area contributed by atoms with Crippen molar-refractivity contribution in [3.8, 4) is 6.07 Å². The summed E-state index contributed by atoms with van der Waals surface area (Å²) in [6.07, 6.45) is -0.867. The lowest BCUT2D eigenvalue weighted by Gasteiger charge is -2.13. The third-order valence-corrected chi connectivity index (χ3v) is 2.99. The second kappa shape index (κ2) is 6.06. The van der Waals surface area contributed by atoms with Gasteiger partial charge in [-0.1, -0.05) is 11.6 Å². The Labute approximate surface area is 107 Å². The molecule has 0 fully saturated rings. The molecule has 0 aliphatic heterocycles. The molecule has 4 nitrogen and oxygen atoms in total. The van der Waals surface area contributed by atoms with Crippen LogP contribution in [0.1, 0.15) is 5.56 Å². The van der Waals surface area contributed by atoms with Gasteiger partial charge in [-0.05, 0) is 28.1 Å². The fourth-order valence-corrected chi connectivity index (χ4v) is 1.94. The Bertz CT molecular complexity index is 420. The highest BCUT2D eigenvalue weighted by molar-refractivity contribution is 9.10. The Morgan fingerprint density at radius 3 is 2.81 bits per heavy atom. The number of aliphatic hydroxyl groups excluding tert-OH is 2. The zero-order valence-electron chi connectivity index (χ0n) is 8.24. The molecule has 3 N–H and O–H groups in total. The van der Waals surface area contributed by atoms with E-state index in [1.54, 1.807) is 12.1 Å². The van der Waals surface area contributed by atoms with Gasteiger partial charge in [-0.15, -0.1) is 0 Å². The third-order valence-electron chi connectivity index (χ3n) is 1.94. The van der Waals surface area contributed by atoms with Gasteiger partial charge in [0.2, 0.25) is 0 Å². The summed E-state index contributed by atoms with van der Waals surface area (Å²) in [6, 6.07) is 5.25. The van der Waals surface area contributed by atoms with Crippen LogP contribution in [0.4, 0.5) is 5.69 Å². The number of nitrogens with zero attached hydrogens (tertiary/aromatic N) is 1. The second-order valence-corrected chi connectivity index (χ2v) is 4.35. The van der Waals surface area contributed by atoms with Crippen molar-refractivity contribution < 1.29 is 10.2 Å². The van der Waals surface area contributed by atoms with Crippen LogP contribution in [0.3, 0.4) is 0 Å².